The molecular formula is C10H7IInNO. The van der Waals surface area contributed by atoms with Crippen LogP contribution in [-0.4, -0.2) is 22.7 Å². The normalized spacial score (nSPS) is 14.1. The molecule has 4 heteroatoms. The van der Waals surface area contributed by atoms with E-state index in [1.807, 2.05) is 36.4 Å². The van der Waals surface area contributed by atoms with Crippen molar-refractivity contribution in [1.82, 2.24) is 0 Å². The quantitative estimate of drug-likeness (QED) is 0.554. The van der Waals surface area contributed by atoms with Gasteiger partial charge in [0.25, 0.3) is 0 Å². The van der Waals surface area contributed by atoms with Gasteiger partial charge in [-0.25, -0.2) is 0 Å². The van der Waals surface area contributed by atoms with Crippen LogP contribution in [0, 0.1) is 0 Å². The van der Waals surface area contributed by atoms with Crippen LogP contribution in [0.3, 0.4) is 0 Å². The molecule has 0 bridgehead atoms. The Labute approximate surface area is 107 Å². The molecule has 0 aliphatic carbocycles. The van der Waals surface area contributed by atoms with E-state index in [2.05, 4.69) is 29.3 Å². The van der Waals surface area contributed by atoms with Crippen molar-refractivity contribution >= 4 is 45.3 Å². The summed E-state index contributed by atoms with van der Waals surface area (Å²) in [5, 5.41) is 0. The molecule has 0 spiro atoms. The molecule has 14 heavy (non-hydrogen) atoms. The Morgan fingerprint density at radius 2 is 2.00 bits per heavy atom. The van der Waals surface area contributed by atoms with Crippen LogP contribution in [0.2, 0.25) is 0 Å². The minimum atomic E-state index is -0.770. The van der Waals surface area contributed by atoms with E-state index in [4.69, 9.17) is 4.74 Å². The number of hydrogen-bond acceptors (Lipinski definition) is 2. The molecule has 0 aromatic heterocycles. The van der Waals surface area contributed by atoms with Crippen LogP contribution < -0.4 is 4.74 Å². The average molecular weight is 399 g/mol. The van der Waals surface area contributed by atoms with Gasteiger partial charge in [-0.15, -0.1) is 0 Å². The summed E-state index contributed by atoms with van der Waals surface area (Å²) in [5.41, 5.74) is 0. The summed E-state index contributed by atoms with van der Waals surface area (Å²) < 4.78 is 13.3. The predicted octanol–water partition coefficient (Wildman–Crippen LogP) is 3.08. The standard InChI is InChI=1S/C10H7INO.In/c1-2-9(10(11)12)13-8-6-4-3-5-7-8;/h1-7H;. The van der Waals surface area contributed by atoms with E-state index >= 15 is 0 Å². The second kappa shape index (κ2) is 5.11. The Kier molecular flexibility index (Phi) is 3.81. The second-order valence-corrected chi connectivity index (χ2v) is 6.42. The summed E-state index contributed by atoms with van der Waals surface area (Å²) >= 11 is 1.46. The van der Waals surface area contributed by atoms with Crippen LogP contribution in [-0.2, 0) is 0 Å². The Balaban J connectivity index is 2.20. The molecule has 0 unspecified atom stereocenters. The van der Waals surface area contributed by atoms with Crippen LogP contribution in [0.5, 0.6) is 5.75 Å². The van der Waals surface area contributed by atoms with Crippen LogP contribution in [0.15, 0.2) is 52.6 Å². The van der Waals surface area contributed by atoms with Crippen molar-refractivity contribution in [2.24, 2.45) is 2.92 Å². The summed E-state index contributed by atoms with van der Waals surface area (Å²) in [4.78, 5) is 0. The number of rotatable bonds is 2. The fraction of sp³-hybridized carbons (Fsp3) is 0. The number of benzene rings is 1. The Bertz CT molecular complexity index is 411. The molecule has 0 atom stereocenters. The average Bonchev–Trinajstić information content (AvgIpc) is 2.23. The number of nitrogens with zero attached hydrogens (tertiary/aromatic N) is 1. The monoisotopic (exact) mass is 399 g/mol. The summed E-state index contributed by atoms with van der Waals surface area (Å²) in [5.74, 6) is 1.74. The third kappa shape index (κ3) is 2.70. The molecule has 0 amide bonds. The van der Waals surface area contributed by atoms with Gasteiger partial charge in [-0.3, -0.25) is 0 Å². The molecule has 68 valence electrons. The summed E-state index contributed by atoms with van der Waals surface area (Å²) in [6, 6.07) is 9.79. The van der Waals surface area contributed by atoms with Gasteiger partial charge < -0.3 is 0 Å². The molecule has 0 N–H and O–H groups in total. The Morgan fingerprint density at radius 1 is 1.21 bits per heavy atom. The van der Waals surface area contributed by atoms with Gasteiger partial charge >= 0.3 is 108 Å². The number of para-hydroxylation sites is 1. The predicted molar refractivity (Wildman–Crippen MR) is 65.4 cm³/mol. The molecule has 1 aliphatic heterocycles. The van der Waals surface area contributed by atoms with Crippen LogP contribution in [0.4, 0.5) is 0 Å². The molecule has 1 aromatic rings. The maximum absolute atomic E-state index is 5.69. The molecule has 2 rings (SSSR count). The first-order chi connectivity index (χ1) is 6.86. The molecule has 1 heterocycles. The number of ether oxygens (including phenoxy) is 1. The summed E-state index contributed by atoms with van der Waals surface area (Å²) in [6.45, 7) is 0. The summed E-state index contributed by atoms with van der Waals surface area (Å²) in [7, 11) is 0. The van der Waals surface area contributed by atoms with Crippen LogP contribution >= 0.6 is 22.6 Å². The van der Waals surface area contributed by atoms with Crippen LogP contribution in [0.1, 0.15) is 0 Å². The topological polar surface area (TPSA) is 21.6 Å². The van der Waals surface area contributed by atoms with E-state index in [-0.39, 0.29) is 0 Å². The fourth-order valence-electron chi connectivity index (χ4n) is 1.06. The van der Waals surface area contributed by atoms with Crippen molar-refractivity contribution in [3.63, 3.8) is 0 Å². The molecule has 1 aliphatic rings. The van der Waals surface area contributed by atoms with E-state index in [1.165, 1.54) is 0 Å². The van der Waals surface area contributed by atoms with Crippen molar-refractivity contribution in [2.75, 3.05) is 0 Å². The van der Waals surface area contributed by atoms with Crippen molar-refractivity contribution in [1.29, 1.82) is 0 Å². The molecule has 0 fully saturated rings. The van der Waals surface area contributed by atoms with Crippen LogP contribution in [0.25, 0.3) is 0 Å². The SMILES string of the molecule is IC1=C(Oc2ccccc2)C=[CH][In]=[N]1. The Morgan fingerprint density at radius 3 is 2.71 bits per heavy atom. The van der Waals surface area contributed by atoms with E-state index in [9.17, 15) is 0 Å². The van der Waals surface area contributed by atoms with Gasteiger partial charge in [0.1, 0.15) is 0 Å². The fourth-order valence-corrected chi connectivity index (χ4v) is 4.16. The summed E-state index contributed by atoms with van der Waals surface area (Å²) in [6.07, 6.45) is 2.04. The Hall–Kier alpha value is -0.0999. The van der Waals surface area contributed by atoms with Crippen molar-refractivity contribution in [3.8, 4) is 5.75 Å². The first kappa shape index (κ1) is 10.4. The van der Waals surface area contributed by atoms with Crippen molar-refractivity contribution in [3.05, 3.63) is 49.7 Å². The number of allylic oxidation sites excluding steroid dienone is 1. The van der Waals surface area contributed by atoms with E-state index in [0.717, 1.165) is 15.2 Å². The minimum absolute atomic E-state index is 0.770. The van der Waals surface area contributed by atoms with Gasteiger partial charge in [0, 0.05) is 0 Å². The van der Waals surface area contributed by atoms with Gasteiger partial charge in [0.2, 0.25) is 0 Å². The zero-order valence-corrected chi connectivity index (χ0v) is 12.8. The number of halogens is 1. The van der Waals surface area contributed by atoms with Gasteiger partial charge in [-0.05, 0) is 0 Å². The molecule has 2 nitrogen and oxygen atoms in total. The van der Waals surface area contributed by atoms with E-state index in [0.29, 0.717) is 0 Å². The zero-order valence-electron chi connectivity index (χ0n) is 7.35. The molecule has 0 saturated heterocycles. The molecule has 0 saturated carbocycles. The third-order valence-electron chi connectivity index (χ3n) is 1.70. The second-order valence-electron chi connectivity index (χ2n) is 2.71. The van der Waals surface area contributed by atoms with E-state index in [1.54, 1.807) is 0 Å². The first-order valence-corrected chi connectivity index (χ1v) is 8.65. The number of hydrogen-bond donors (Lipinski definition) is 0. The van der Waals surface area contributed by atoms with Gasteiger partial charge in [-0.1, -0.05) is 0 Å². The maximum atomic E-state index is 5.69. The molecule has 0 radical (unpaired) electrons. The van der Waals surface area contributed by atoms with Gasteiger partial charge in [-0.2, -0.15) is 0 Å². The zero-order chi connectivity index (χ0) is 9.80. The first-order valence-electron chi connectivity index (χ1n) is 4.20. The van der Waals surface area contributed by atoms with E-state index < -0.39 is 22.7 Å². The molecule has 1 aromatic carbocycles. The third-order valence-corrected chi connectivity index (χ3v) is 6.21. The van der Waals surface area contributed by atoms with Gasteiger partial charge in [0.05, 0.1) is 0 Å². The van der Waals surface area contributed by atoms with Crippen molar-refractivity contribution < 1.29 is 4.74 Å². The van der Waals surface area contributed by atoms with Gasteiger partial charge in [0.15, 0.2) is 0 Å². The molecular weight excluding hydrogens is 392 g/mol. The van der Waals surface area contributed by atoms with Crippen molar-refractivity contribution in [2.45, 2.75) is 0 Å².